The van der Waals surface area contributed by atoms with Crippen LogP contribution in [0.25, 0.3) is 0 Å². The summed E-state index contributed by atoms with van der Waals surface area (Å²) in [7, 11) is 2.01. The van der Waals surface area contributed by atoms with E-state index in [1.807, 2.05) is 60.3 Å². The summed E-state index contributed by atoms with van der Waals surface area (Å²) < 4.78 is 2.07. The fourth-order valence-corrected chi connectivity index (χ4v) is 4.61. The number of aryl methyl sites for hydroxylation is 2. The third kappa shape index (κ3) is 4.61. The van der Waals surface area contributed by atoms with Crippen LogP contribution in [0, 0.1) is 6.92 Å². The SMILES string of the molecule is Cc1ccccc1C(=O)N(CC(=O)N(Cc1cccn1C)C1CC1)C1CCCCC1. The van der Waals surface area contributed by atoms with E-state index in [9.17, 15) is 9.59 Å². The Balaban J connectivity index is 1.55. The highest BCUT2D eigenvalue weighted by Crippen LogP contribution is 2.30. The second-order valence-electron chi connectivity index (χ2n) is 8.90. The Hall–Kier alpha value is -2.56. The van der Waals surface area contributed by atoms with Crippen molar-refractivity contribution < 1.29 is 9.59 Å². The standard InChI is InChI=1S/C25H33N3O2/c1-19-9-6-7-13-23(19)25(30)28(20-10-4-3-5-11-20)18-24(29)27(21-14-15-21)17-22-12-8-16-26(22)2/h6-9,12-13,16,20-21H,3-5,10-11,14-15,17-18H2,1-2H3. The van der Waals surface area contributed by atoms with Gasteiger partial charge in [0.25, 0.3) is 5.91 Å². The molecule has 0 spiro atoms. The summed E-state index contributed by atoms with van der Waals surface area (Å²) in [4.78, 5) is 30.9. The molecule has 4 rings (SSSR count). The van der Waals surface area contributed by atoms with E-state index < -0.39 is 0 Å². The highest BCUT2D eigenvalue weighted by atomic mass is 16.2. The van der Waals surface area contributed by atoms with Crippen LogP contribution in [0.1, 0.15) is 66.6 Å². The zero-order valence-electron chi connectivity index (χ0n) is 18.2. The molecule has 30 heavy (non-hydrogen) atoms. The molecule has 2 aromatic rings. The summed E-state index contributed by atoms with van der Waals surface area (Å²) in [6, 6.07) is 12.3. The lowest BCUT2D eigenvalue weighted by atomic mass is 9.93. The molecule has 0 atom stereocenters. The largest absolute Gasteiger partial charge is 0.353 e. The van der Waals surface area contributed by atoms with Crippen molar-refractivity contribution in [2.24, 2.45) is 7.05 Å². The average molecular weight is 408 g/mol. The van der Waals surface area contributed by atoms with Crippen molar-refractivity contribution in [3.05, 3.63) is 59.4 Å². The second kappa shape index (κ2) is 9.07. The Morgan fingerprint density at radius 3 is 2.27 bits per heavy atom. The minimum atomic E-state index is 0.00274. The third-order valence-electron chi connectivity index (χ3n) is 6.65. The predicted molar refractivity (Wildman–Crippen MR) is 118 cm³/mol. The first kappa shape index (κ1) is 20.7. The van der Waals surface area contributed by atoms with Gasteiger partial charge in [-0.05, 0) is 56.4 Å². The Kier molecular flexibility index (Phi) is 6.26. The molecule has 0 bridgehead atoms. The minimum absolute atomic E-state index is 0.00274. The molecule has 1 aromatic carbocycles. The van der Waals surface area contributed by atoms with Crippen molar-refractivity contribution in [2.45, 2.75) is 70.5 Å². The van der Waals surface area contributed by atoms with Crippen molar-refractivity contribution in [3.8, 4) is 0 Å². The van der Waals surface area contributed by atoms with Crippen LogP contribution in [-0.4, -0.2) is 44.8 Å². The minimum Gasteiger partial charge on any atom is -0.353 e. The van der Waals surface area contributed by atoms with Gasteiger partial charge < -0.3 is 14.4 Å². The second-order valence-corrected chi connectivity index (χ2v) is 8.90. The zero-order chi connectivity index (χ0) is 21.1. The molecular formula is C25H33N3O2. The van der Waals surface area contributed by atoms with Crippen LogP contribution in [0.2, 0.25) is 0 Å². The Morgan fingerprint density at radius 2 is 1.63 bits per heavy atom. The molecule has 0 unspecified atom stereocenters. The van der Waals surface area contributed by atoms with Gasteiger partial charge in [0.15, 0.2) is 0 Å². The molecule has 1 heterocycles. The molecule has 0 radical (unpaired) electrons. The van der Waals surface area contributed by atoms with E-state index in [1.165, 1.54) is 6.42 Å². The van der Waals surface area contributed by atoms with Crippen molar-refractivity contribution in [1.29, 1.82) is 0 Å². The quantitative estimate of drug-likeness (QED) is 0.687. The van der Waals surface area contributed by atoms with Gasteiger partial charge in [0.2, 0.25) is 5.91 Å². The van der Waals surface area contributed by atoms with Gasteiger partial charge in [-0.3, -0.25) is 9.59 Å². The van der Waals surface area contributed by atoms with Crippen LogP contribution in [0.15, 0.2) is 42.6 Å². The molecule has 2 saturated carbocycles. The lowest BCUT2D eigenvalue weighted by molar-refractivity contribution is -0.133. The van der Waals surface area contributed by atoms with Gasteiger partial charge in [0.05, 0.1) is 6.54 Å². The molecule has 2 amide bonds. The van der Waals surface area contributed by atoms with E-state index >= 15 is 0 Å². The summed E-state index contributed by atoms with van der Waals surface area (Å²) >= 11 is 0. The van der Waals surface area contributed by atoms with E-state index in [0.29, 0.717) is 12.6 Å². The first-order valence-corrected chi connectivity index (χ1v) is 11.3. The summed E-state index contributed by atoms with van der Waals surface area (Å²) in [5.74, 6) is 0.0779. The van der Waals surface area contributed by atoms with Crippen LogP contribution in [-0.2, 0) is 18.4 Å². The molecular weight excluding hydrogens is 374 g/mol. The van der Waals surface area contributed by atoms with Crippen LogP contribution in [0.5, 0.6) is 0 Å². The topological polar surface area (TPSA) is 45.6 Å². The van der Waals surface area contributed by atoms with Crippen molar-refractivity contribution in [1.82, 2.24) is 14.4 Å². The van der Waals surface area contributed by atoms with Gasteiger partial charge in [-0.15, -0.1) is 0 Å². The molecule has 0 aliphatic heterocycles. The average Bonchev–Trinajstić information content (AvgIpc) is 3.52. The van der Waals surface area contributed by atoms with E-state index in [1.54, 1.807) is 0 Å². The number of hydrogen-bond donors (Lipinski definition) is 0. The van der Waals surface area contributed by atoms with Crippen LogP contribution < -0.4 is 0 Å². The zero-order valence-corrected chi connectivity index (χ0v) is 18.2. The Morgan fingerprint density at radius 1 is 0.933 bits per heavy atom. The Bertz CT molecular complexity index is 893. The lowest BCUT2D eigenvalue weighted by Gasteiger charge is -2.36. The normalized spacial score (nSPS) is 17.0. The molecule has 0 saturated heterocycles. The highest BCUT2D eigenvalue weighted by Gasteiger charge is 2.36. The number of rotatable bonds is 7. The first-order valence-electron chi connectivity index (χ1n) is 11.3. The molecule has 5 nitrogen and oxygen atoms in total. The third-order valence-corrected chi connectivity index (χ3v) is 6.65. The monoisotopic (exact) mass is 407 g/mol. The Labute approximate surface area is 179 Å². The number of nitrogens with zero attached hydrogens (tertiary/aromatic N) is 3. The molecule has 2 aliphatic carbocycles. The first-order chi connectivity index (χ1) is 14.5. The number of benzene rings is 1. The number of amides is 2. The lowest BCUT2D eigenvalue weighted by Crippen LogP contribution is -2.48. The number of aromatic nitrogens is 1. The summed E-state index contributed by atoms with van der Waals surface area (Å²) in [5, 5.41) is 0. The van der Waals surface area contributed by atoms with E-state index in [-0.39, 0.29) is 24.4 Å². The van der Waals surface area contributed by atoms with Crippen molar-refractivity contribution in [2.75, 3.05) is 6.54 Å². The van der Waals surface area contributed by atoms with Gasteiger partial charge in [-0.2, -0.15) is 0 Å². The van der Waals surface area contributed by atoms with Crippen LogP contribution >= 0.6 is 0 Å². The molecule has 5 heteroatoms. The fourth-order valence-electron chi connectivity index (χ4n) is 4.61. The summed E-state index contributed by atoms with van der Waals surface area (Å²) in [5.41, 5.74) is 2.82. The maximum absolute atomic E-state index is 13.5. The highest BCUT2D eigenvalue weighted by molar-refractivity contribution is 5.98. The smallest absolute Gasteiger partial charge is 0.254 e. The molecule has 1 aromatic heterocycles. The molecule has 2 aliphatic rings. The van der Waals surface area contributed by atoms with Gasteiger partial charge in [-0.1, -0.05) is 37.5 Å². The van der Waals surface area contributed by atoms with Crippen LogP contribution in [0.4, 0.5) is 0 Å². The van der Waals surface area contributed by atoms with E-state index in [4.69, 9.17) is 0 Å². The maximum Gasteiger partial charge on any atom is 0.254 e. The molecule has 0 N–H and O–H groups in total. The number of hydrogen-bond acceptors (Lipinski definition) is 2. The number of carbonyl (C=O) groups excluding carboxylic acids is 2. The molecule has 160 valence electrons. The summed E-state index contributed by atoms with van der Waals surface area (Å²) in [6.07, 6.45) is 9.60. The summed E-state index contributed by atoms with van der Waals surface area (Å²) in [6.45, 7) is 2.77. The van der Waals surface area contributed by atoms with Gasteiger partial charge in [0, 0.05) is 36.6 Å². The van der Waals surface area contributed by atoms with Gasteiger partial charge >= 0.3 is 0 Å². The van der Waals surface area contributed by atoms with Gasteiger partial charge in [-0.25, -0.2) is 0 Å². The molecule has 2 fully saturated rings. The van der Waals surface area contributed by atoms with Crippen molar-refractivity contribution in [3.63, 3.8) is 0 Å². The predicted octanol–water partition coefficient (Wildman–Crippen LogP) is 4.30. The fraction of sp³-hybridized carbons (Fsp3) is 0.520. The maximum atomic E-state index is 13.5. The van der Waals surface area contributed by atoms with E-state index in [2.05, 4.69) is 10.6 Å². The van der Waals surface area contributed by atoms with Crippen LogP contribution in [0.3, 0.4) is 0 Å². The number of carbonyl (C=O) groups is 2. The van der Waals surface area contributed by atoms with Crippen molar-refractivity contribution >= 4 is 11.8 Å². The van der Waals surface area contributed by atoms with Gasteiger partial charge in [0.1, 0.15) is 6.54 Å². The van der Waals surface area contributed by atoms with E-state index in [0.717, 1.165) is 55.3 Å².